The summed E-state index contributed by atoms with van der Waals surface area (Å²) in [6.45, 7) is 6.03. The Balaban J connectivity index is 1.66. The van der Waals surface area contributed by atoms with Crippen molar-refractivity contribution in [2.24, 2.45) is 0 Å². The molecule has 1 amide bonds. The summed E-state index contributed by atoms with van der Waals surface area (Å²) < 4.78 is 3.24. The molecule has 1 atom stereocenters. The monoisotopic (exact) mass is 391 g/mol. The van der Waals surface area contributed by atoms with E-state index in [0.717, 1.165) is 26.0 Å². The van der Waals surface area contributed by atoms with E-state index in [2.05, 4.69) is 10.4 Å². The Kier molecular flexibility index (Phi) is 4.73. The van der Waals surface area contributed by atoms with Gasteiger partial charge in [-0.1, -0.05) is 48.0 Å². The topological polar surface area (TPSA) is 64.0 Å². The van der Waals surface area contributed by atoms with Crippen LogP contribution in [0.15, 0.2) is 53.3 Å². The molecule has 0 bridgehead atoms. The maximum absolute atomic E-state index is 13.1. The van der Waals surface area contributed by atoms with Gasteiger partial charge in [0.05, 0.1) is 15.8 Å². The zero-order valence-corrected chi connectivity index (χ0v) is 16.8. The molecule has 142 valence electrons. The second-order valence-electron chi connectivity index (χ2n) is 7.02. The number of benzene rings is 2. The summed E-state index contributed by atoms with van der Waals surface area (Å²) in [6.07, 6.45) is 0. The number of nitrogens with one attached hydrogen (secondary N) is 1. The van der Waals surface area contributed by atoms with Gasteiger partial charge in [0.1, 0.15) is 6.04 Å². The zero-order valence-electron chi connectivity index (χ0n) is 16.0. The number of aryl methyl sites for hydroxylation is 2. The first-order chi connectivity index (χ1) is 13.5. The molecule has 1 N–H and O–H groups in total. The van der Waals surface area contributed by atoms with Crippen LogP contribution in [-0.4, -0.2) is 15.7 Å². The van der Waals surface area contributed by atoms with Gasteiger partial charge in [0.2, 0.25) is 5.91 Å². The van der Waals surface area contributed by atoms with Crippen molar-refractivity contribution in [2.45, 2.75) is 33.4 Å². The Labute approximate surface area is 166 Å². The minimum atomic E-state index is -0.695. The largest absolute Gasteiger partial charge is 0.350 e. The molecule has 28 heavy (non-hydrogen) atoms. The summed E-state index contributed by atoms with van der Waals surface area (Å²) >= 11 is 1.56. The highest BCUT2D eigenvalue weighted by atomic mass is 32.1. The SMILES string of the molecule is Cc1ccc(CNC(=O)[C@@H](C)n2nc(C)c3sc4ccccc4c3c2=O)cc1. The molecule has 0 aliphatic heterocycles. The van der Waals surface area contributed by atoms with Crippen molar-refractivity contribution in [3.63, 3.8) is 0 Å². The van der Waals surface area contributed by atoms with Crippen molar-refractivity contribution in [2.75, 3.05) is 0 Å². The normalized spacial score (nSPS) is 12.4. The van der Waals surface area contributed by atoms with E-state index in [1.807, 2.05) is 62.4 Å². The predicted octanol–water partition coefficient (Wildman–Crippen LogP) is 4.11. The zero-order chi connectivity index (χ0) is 19.8. The summed E-state index contributed by atoms with van der Waals surface area (Å²) in [5.74, 6) is -0.228. The van der Waals surface area contributed by atoms with Crippen LogP contribution >= 0.6 is 11.3 Å². The van der Waals surface area contributed by atoms with Crippen molar-refractivity contribution in [1.29, 1.82) is 0 Å². The van der Waals surface area contributed by atoms with Gasteiger partial charge in [-0.2, -0.15) is 5.10 Å². The second-order valence-corrected chi connectivity index (χ2v) is 8.07. The third kappa shape index (κ3) is 3.20. The maximum Gasteiger partial charge on any atom is 0.276 e. The first kappa shape index (κ1) is 18.4. The smallest absolute Gasteiger partial charge is 0.276 e. The number of amides is 1. The van der Waals surface area contributed by atoms with Gasteiger partial charge < -0.3 is 5.32 Å². The number of carbonyl (C=O) groups excluding carboxylic acids is 1. The van der Waals surface area contributed by atoms with Crippen LogP contribution in [0.3, 0.4) is 0 Å². The number of thiophene rings is 1. The molecular formula is C22H21N3O2S. The Morgan fingerprint density at radius 2 is 1.86 bits per heavy atom. The third-order valence-electron chi connectivity index (χ3n) is 4.94. The number of aromatic nitrogens is 2. The van der Waals surface area contributed by atoms with E-state index in [1.165, 1.54) is 10.2 Å². The quantitative estimate of drug-likeness (QED) is 0.569. The molecule has 0 saturated heterocycles. The Hall–Kier alpha value is -2.99. The Bertz CT molecular complexity index is 1240. The predicted molar refractivity (Wildman–Crippen MR) is 114 cm³/mol. The number of carbonyl (C=O) groups is 1. The van der Waals surface area contributed by atoms with Gasteiger partial charge in [-0.15, -0.1) is 11.3 Å². The Morgan fingerprint density at radius 1 is 1.14 bits per heavy atom. The van der Waals surface area contributed by atoms with Gasteiger partial charge in [-0.3, -0.25) is 9.59 Å². The second kappa shape index (κ2) is 7.20. The third-order valence-corrected chi connectivity index (χ3v) is 6.22. The molecule has 0 radical (unpaired) electrons. The average molecular weight is 391 g/mol. The molecule has 4 rings (SSSR count). The molecule has 6 heteroatoms. The molecule has 2 aromatic carbocycles. The van der Waals surface area contributed by atoms with Crippen LogP contribution in [0.1, 0.15) is 29.8 Å². The summed E-state index contributed by atoms with van der Waals surface area (Å²) in [5.41, 5.74) is 2.72. The number of hydrogen-bond acceptors (Lipinski definition) is 4. The first-order valence-corrected chi connectivity index (χ1v) is 10.0. The molecule has 0 fully saturated rings. The molecule has 0 unspecified atom stereocenters. The van der Waals surface area contributed by atoms with Gasteiger partial charge in [0.25, 0.3) is 5.56 Å². The highest BCUT2D eigenvalue weighted by Gasteiger charge is 2.21. The highest BCUT2D eigenvalue weighted by Crippen LogP contribution is 2.32. The van der Waals surface area contributed by atoms with Crippen LogP contribution in [0, 0.1) is 13.8 Å². The molecular weight excluding hydrogens is 370 g/mol. The number of nitrogens with zero attached hydrogens (tertiary/aromatic N) is 2. The van der Waals surface area contributed by atoms with Gasteiger partial charge >= 0.3 is 0 Å². The Morgan fingerprint density at radius 3 is 2.61 bits per heavy atom. The van der Waals surface area contributed by atoms with Gasteiger partial charge in [0, 0.05) is 16.6 Å². The van der Waals surface area contributed by atoms with Crippen molar-refractivity contribution < 1.29 is 4.79 Å². The highest BCUT2D eigenvalue weighted by molar-refractivity contribution is 7.26. The molecule has 4 aromatic rings. The molecule has 2 heterocycles. The number of fused-ring (bicyclic) bond motifs is 3. The standard InChI is InChI=1S/C22H21N3O2S/c1-13-8-10-16(11-9-13)12-23-21(26)15(3)25-22(27)19-17-6-4-5-7-18(17)28-20(19)14(2)24-25/h4-11,15H,12H2,1-3H3,(H,23,26)/t15-/m1/s1. The van der Waals surface area contributed by atoms with Crippen LogP contribution in [0.2, 0.25) is 0 Å². The van der Waals surface area contributed by atoms with E-state index >= 15 is 0 Å². The lowest BCUT2D eigenvalue weighted by molar-refractivity contribution is -0.124. The molecule has 2 aromatic heterocycles. The van der Waals surface area contributed by atoms with Crippen LogP contribution in [0.25, 0.3) is 20.2 Å². The van der Waals surface area contributed by atoms with Crippen LogP contribution < -0.4 is 10.9 Å². The van der Waals surface area contributed by atoms with Crippen molar-refractivity contribution >= 4 is 37.4 Å². The molecule has 0 spiro atoms. The maximum atomic E-state index is 13.1. The van der Waals surface area contributed by atoms with E-state index in [9.17, 15) is 9.59 Å². The van der Waals surface area contributed by atoms with E-state index in [4.69, 9.17) is 0 Å². The van der Waals surface area contributed by atoms with Crippen LogP contribution in [0.4, 0.5) is 0 Å². The first-order valence-electron chi connectivity index (χ1n) is 9.19. The lowest BCUT2D eigenvalue weighted by atomic mass is 10.1. The average Bonchev–Trinajstić information content (AvgIpc) is 3.10. The minimum absolute atomic E-state index is 0.226. The molecule has 0 saturated carbocycles. The van der Waals surface area contributed by atoms with Crippen LogP contribution in [-0.2, 0) is 11.3 Å². The van der Waals surface area contributed by atoms with Crippen molar-refractivity contribution in [1.82, 2.24) is 15.1 Å². The molecule has 0 aliphatic rings. The summed E-state index contributed by atoms with van der Waals surface area (Å²) in [5, 5.41) is 8.90. The molecule has 5 nitrogen and oxygen atoms in total. The fourth-order valence-electron chi connectivity index (χ4n) is 3.30. The summed E-state index contributed by atoms with van der Waals surface area (Å²) in [7, 11) is 0. The lowest BCUT2D eigenvalue weighted by Crippen LogP contribution is -2.37. The number of rotatable bonds is 4. The van der Waals surface area contributed by atoms with E-state index in [-0.39, 0.29) is 11.5 Å². The fraction of sp³-hybridized carbons (Fsp3) is 0.227. The van der Waals surface area contributed by atoms with Gasteiger partial charge in [0.15, 0.2) is 0 Å². The number of hydrogen-bond donors (Lipinski definition) is 1. The van der Waals surface area contributed by atoms with Crippen LogP contribution in [0.5, 0.6) is 0 Å². The van der Waals surface area contributed by atoms with Gasteiger partial charge in [-0.25, -0.2) is 4.68 Å². The fourth-order valence-corrected chi connectivity index (χ4v) is 4.43. The van der Waals surface area contributed by atoms with E-state index in [1.54, 1.807) is 18.3 Å². The van der Waals surface area contributed by atoms with E-state index in [0.29, 0.717) is 11.9 Å². The lowest BCUT2D eigenvalue weighted by Gasteiger charge is -2.15. The van der Waals surface area contributed by atoms with Crippen molar-refractivity contribution in [3.05, 3.63) is 75.7 Å². The summed E-state index contributed by atoms with van der Waals surface area (Å²) in [4.78, 5) is 25.8. The van der Waals surface area contributed by atoms with E-state index < -0.39 is 6.04 Å². The molecule has 0 aliphatic carbocycles. The minimum Gasteiger partial charge on any atom is -0.350 e. The van der Waals surface area contributed by atoms with Gasteiger partial charge in [-0.05, 0) is 32.4 Å². The summed E-state index contributed by atoms with van der Waals surface area (Å²) in [6, 6.07) is 15.1. The van der Waals surface area contributed by atoms with Crippen molar-refractivity contribution in [3.8, 4) is 0 Å².